The average Bonchev–Trinajstić information content (AvgIpc) is 2.51. The molecule has 0 aliphatic heterocycles. The van der Waals surface area contributed by atoms with Gasteiger partial charge in [-0.1, -0.05) is 23.7 Å². The SMILES string of the molecule is CCOC(=O)c1ccccc1NC(=O)Cn1cc(Cl)ccc1=O. The summed E-state index contributed by atoms with van der Waals surface area (Å²) < 4.78 is 6.13. The molecule has 0 fully saturated rings. The topological polar surface area (TPSA) is 77.4 Å². The number of para-hydroxylation sites is 1. The standard InChI is InChI=1S/C16H15ClN2O4/c1-2-23-16(22)12-5-3-4-6-13(12)18-14(20)10-19-9-11(17)7-8-15(19)21/h3-9H,2,10H2,1H3,(H,18,20). The lowest BCUT2D eigenvalue weighted by Crippen LogP contribution is -2.27. The zero-order valence-corrected chi connectivity index (χ0v) is 13.2. The van der Waals surface area contributed by atoms with E-state index in [0.29, 0.717) is 10.7 Å². The molecule has 1 amide bonds. The minimum atomic E-state index is -0.525. The number of esters is 1. The highest BCUT2D eigenvalue weighted by Crippen LogP contribution is 2.16. The lowest BCUT2D eigenvalue weighted by atomic mass is 10.2. The smallest absolute Gasteiger partial charge is 0.340 e. The predicted octanol–water partition coefficient (Wildman–Crippen LogP) is 2.32. The molecular weight excluding hydrogens is 320 g/mol. The van der Waals surface area contributed by atoms with Crippen LogP contribution >= 0.6 is 11.6 Å². The van der Waals surface area contributed by atoms with Gasteiger partial charge in [0.05, 0.1) is 22.9 Å². The van der Waals surface area contributed by atoms with E-state index in [2.05, 4.69) is 5.32 Å². The van der Waals surface area contributed by atoms with E-state index in [9.17, 15) is 14.4 Å². The van der Waals surface area contributed by atoms with Crippen LogP contribution in [0, 0.1) is 0 Å². The molecule has 0 spiro atoms. The highest BCUT2D eigenvalue weighted by molar-refractivity contribution is 6.30. The Morgan fingerprint density at radius 1 is 1.22 bits per heavy atom. The summed E-state index contributed by atoms with van der Waals surface area (Å²) in [4.78, 5) is 35.6. The first-order valence-electron chi connectivity index (χ1n) is 6.93. The average molecular weight is 335 g/mol. The Hall–Kier alpha value is -2.60. The van der Waals surface area contributed by atoms with Crippen LogP contribution in [0.15, 0.2) is 47.4 Å². The number of anilines is 1. The molecule has 1 aromatic heterocycles. The number of nitrogens with one attached hydrogen (secondary N) is 1. The van der Waals surface area contributed by atoms with Crippen LogP contribution in [0.3, 0.4) is 0 Å². The predicted molar refractivity (Wildman–Crippen MR) is 86.7 cm³/mol. The molecule has 0 atom stereocenters. The molecule has 120 valence electrons. The van der Waals surface area contributed by atoms with E-state index < -0.39 is 11.9 Å². The summed E-state index contributed by atoms with van der Waals surface area (Å²) in [6, 6.07) is 9.23. The van der Waals surface area contributed by atoms with Crippen LogP contribution < -0.4 is 10.9 Å². The molecule has 0 aliphatic carbocycles. The molecule has 0 bridgehead atoms. The molecule has 1 heterocycles. The maximum Gasteiger partial charge on any atom is 0.340 e. The number of carbonyl (C=O) groups excluding carboxylic acids is 2. The van der Waals surface area contributed by atoms with Gasteiger partial charge < -0.3 is 14.6 Å². The van der Waals surface area contributed by atoms with Crippen molar-refractivity contribution < 1.29 is 14.3 Å². The summed E-state index contributed by atoms with van der Waals surface area (Å²) in [6.07, 6.45) is 1.38. The van der Waals surface area contributed by atoms with Gasteiger partial charge >= 0.3 is 5.97 Å². The zero-order valence-electron chi connectivity index (χ0n) is 12.4. The van der Waals surface area contributed by atoms with Crippen LogP contribution in [-0.4, -0.2) is 23.1 Å². The number of rotatable bonds is 5. The fourth-order valence-corrected chi connectivity index (χ4v) is 2.13. The monoisotopic (exact) mass is 334 g/mol. The quantitative estimate of drug-likeness (QED) is 0.851. The van der Waals surface area contributed by atoms with Gasteiger partial charge in [0, 0.05) is 12.3 Å². The van der Waals surface area contributed by atoms with Crippen molar-refractivity contribution in [2.24, 2.45) is 0 Å². The normalized spacial score (nSPS) is 10.2. The second-order valence-electron chi connectivity index (χ2n) is 4.63. The van der Waals surface area contributed by atoms with Gasteiger partial charge in [-0.3, -0.25) is 9.59 Å². The summed E-state index contributed by atoms with van der Waals surface area (Å²) >= 11 is 5.81. The first-order chi connectivity index (χ1) is 11.0. The molecule has 0 saturated carbocycles. The zero-order chi connectivity index (χ0) is 16.8. The Balaban J connectivity index is 2.16. The Kier molecular flexibility index (Phi) is 5.54. The van der Waals surface area contributed by atoms with E-state index in [0.717, 1.165) is 0 Å². The molecular formula is C16H15ClN2O4. The van der Waals surface area contributed by atoms with Gasteiger partial charge in [-0.05, 0) is 25.1 Å². The Labute approximate surface area is 137 Å². The van der Waals surface area contributed by atoms with Gasteiger partial charge in [-0.25, -0.2) is 4.79 Å². The lowest BCUT2D eigenvalue weighted by Gasteiger charge is -2.11. The molecule has 0 radical (unpaired) electrons. The summed E-state index contributed by atoms with van der Waals surface area (Å²) in [5.41, 5.74) is 0.232. The van der Waals surface area contributed by atoms with E-state index >= 15 is 0 Å². The van der Waals surface area contributed by atoms with Gasteiger partial charge in [-0.2, -0.15) is 0 Å². The molecule has 2 rings (SSSR count). The molecule has 0 unspecified atom stereocenters. The number of carbonyl (C=O) groups is 2. The van der Waals surface area contributed by atoms with Crippen molar-refractivity contribution in [3.8, 4) is 0 Å². The second-order valence-corrected chi connectivity index (χ2v) is 5.06. The van der Waals surface area contributed by atoms with E-state index in [1.54, 1.807) is 31.2 Å². The van der Waals surface area contributed by atoms with Crippen molar-refractivity contribution in [2.75, 3.05) is 11.9 Å². The lowest BCUT2D eigenvalue weighted by molar-refractivity contribution is -0.116. The number of benzene rings is 1. The van der Waals surface area contributed by atoms with E-state index in [4.69, 9.17) is 16.3 Å². The van der Waals surface area contributed by atoms with Crippen LogP contribution in [0.2, 0.25) is 5.02 Å². The summed E-state index contributed by atoms with van der Waals surface area (Å²) in [6.45, 7) is 1.72. The molecule has 2 aromatic rings. The van der Waals surface area contributed by atoms with Gasteiger partial charge in [-0.15, -0.1) is 0 Å². The number of hydrogen-bond acceptors (Lipinski definition) is 4. The van der Waals surface area contributed by atoms with Gasteiger partial charge in [0.15, 0.2) is 0 Å². The van der Waals surface area contributed by atoms with Gasteiger partial charge in [0.1, 0.15) is 6.54 Å². The highest BCUT2D eigenvalue weighted by Gasteiger charge is 2.14. The number of nitrogens with zero attached hydrogens (tertiary/aromatic N) is 1. The van der Waals surface area contributed by atoms with Crippen LogP contribution in [0.5, 0.6) is 0 Å². The van der Waals surface area contributed by atoms with Crippen molar-refractivity contribution in [2.45, 2.75) is 13.5 Å². The van der Waals surface area contributed by atoms with Crippen molar-refractivity contribution in [3.05, 3.63) is 63.5 Å². The number of ether oxygens (including phenoxy) is 1. The minimum Gasteiger partial charge on any atom is -0.462 e. The molecule has 0 aliphatic rings. The fourth-order valence-electron chi connectivity index (χ4n) is 1.95. The summed E-state index contributed by atoms with van der Waals surface area (Å²) in [5.74, 6) is -0.977. The summed E-state index contributed by atoms with van der Waals surface area (Å²) in [5, 5.41) is 2.95. The molecule has 6 nitrogen and oxygen atoms in total. The van der Waals surface area contributed by atoms with Crippen LogP contribution in [0.4, 0.5) is 5.69 Å². The number of pyridine rings is 1. The largest absolute Gasteiger partial charge is 0.462 e. The number of halogens is 1. The number of hydrogen-bond donors (Lipinski definition) is 1. The second kappa shape index (κ2) is 7.60. The van der Waals surface area contributed by atoms with Gasteiger partial charge in [0.25, 0.3) is 5.56 Å². The van der Waals surface area contributed by atoms with Crippen LogP contribution in [-0.2, 0) is 16.1 Å². The summed E-state index contributed by atoms with van der Waals surface area (Å²) in [7, 11) is 0. The first-order valence-corrected chi connectivity index (χ1v) is 7.31. The number of amides is 1. The number of aromatic nitrogens is 1. The third kappa shape index (κ3) is 4.43. The van der Waals surface area contributed by atoms with Crippen molar-refractivity contribution in [3.63, 3.8) is 0 Å². The molecule has 7 heteroatoms. The maximum atomic E-state index is 12.1. The third-order valence-corrected chi connectivity index (χ3v) is 3.18. The van der Waals surface area contributed by atoms with Crippen molar-refractivity contribution in [1.29, 1.82) is 0 Å². The molecule has 1 N–H and O–H groups in total. The first kappa shape index (κ1) is 16.8. The van der Waals surface area contributed by atoms with Gasteiger partial charge in [0.2, 0.25) is 5.91 Å². The Morgan fingerprint density at radius 2 is 1.96 bits per heavy atom. The van der Waals surface area contributed by atoms with Crippen molar-refractivity contribution in [1.82, 2.24) is 4.57 Å². The van der Waals surface area contributed by atoms with E-state index in [-0.39, 0.29) is 24.3 Å². The van der Waals surface area contributed by atoms with E-state index in [1.807, 2.05) is 0 Å². The van der Waals surface area contributed by atoms with Crippen LogP contribution in [0.1, 0.15) is 17.3 Å². The third-order valence-electron chi connectivity index (χ3n) is 2.96. The molecule has 23 heavy (non-hydrogen) atoms. The Morgan fingerprint density at radius 3 is 2.70 bits per heavy atom. The van der Waals surface area contributed by atoms with Crippen LogP contribution in [0.25, 0.3) is 0 Å². The maximum absolute atomic E-state index is 12.1. The van der Waals surface area contributed by atoms with Crippen molar-refractivity contribution >= 4 is 29.2 Å². The molecule has 0 saturated heterocycles. The molecule has 1 aromatic carbocycles. The fraction of sp³-hybridized carbons (Fsp3) is 0.188. The van der Waals surface area contributed by atoms with E-state index in [1.165, 1.54) is 22.9 Å². The highest BCUT2D eigenvalue weighted by atomic mass is 35.5. The minimum absolute atomic E-state index is 0.212. The Bertz CT molecular complexity index is 786.